The molecule has 1 atom stereocenters. The predicted octanol–water partition coefficient (Wildman–Crippen LogP) is 2.41. The van der Waals surface area contributed by atoms with E-state index in [0.717, 1.165) is 25.0 Å². The van der Waals surface area contributed by atoms with Gasteiger partial charge < -0.3 is 14.7 Å². The van der Waals surface area contributed by atoms with Crippen LogP contribution < -0.4 is 0 Å². The molecule has 1 aromatic carbocycles. The molecule has 0 unspecified atom stereocenters. The summed E-state index contributed by atoms with van der Waals surface area (Å²) >= 11 is 0. The zero-order chi connectivity index (χ0) is 16.7. The number of benzene rings is 1. The summed E-state index contributed by atoms with van der Waals surface area (Å²) in [6.07, 6.45) is 3.05. The molecule has 1 N–H and O–H groups in total. The second-order valence-electron chi connectivity index (χ2n) is 6.05. The van der Waals surface area contributed by atoms with Gasteiger partial charge in [0.2, 0.25) is 5.91 Å². The maximum Gasteiger partial charge on any atom is 0.305 e. The Morgan fingerprint density at radius 1 is 1.30 bits per heavy atom. The lowest BCUT2D eigenvalue weighted by Gasteiger charge is -2.25. The van der Waals surface area contributed by atoms with Gasteiger partial charge in [-0.15, -0.1) is 0 Å². The Morgan fingerprint density at radius 3 is 2.74 bits per heavy atom. The van der Waals surface area contributed by atoms with E-state index in [9.17, 15) is 9.59 Å². The van der Waals surface area contributed by atoms with Gasteiger partial charge in [-0.1, -0.05) is 24.3 Å². The summed E-state index contributed by atoms with van der Waals surface area (Å²) in [5.74, 6) is -0.876. The Kier molecular flexibility index (Phi) is 6.59. The number of carbonyl (C=O) groups excluding carboxylic acids is 1. The quantitative estimate of drug-likeness (QED) is 0.799. The highest BCUT2D eigenvalue weighted by molar-refractivity contribution is 5.77. The number of nitrogens with zero attached hydrogens (tertiary/aromatic N) is 1. The summed E-state index contributed by atoms with van der Waals surface area (Å²) in [5, 5.41) is 8.88. The van der Waals surface area contributed by atoms with Crippen molar-refractivity contribution in [1.82, 2.24) is 4.90 Å². The van der Waals surface area contributed by atoms with E-state index in [0.29, 0.717) is 19.4 Å². The van der Waals surface area contributed by atoms with Gasteiger partial charge in [0, 0.05) is 26.1 Å². The van der Waals surface area contributed by atoms with Crippen LogP contribution in [0.1, 0.15) is 36.8 Å². The molecule has 5 heteroatoms. The van der Waals surface area contributed by atoms with Crippen LogP contribution in [-0.4, -0.2) is 47.7 Å². The summed E-state index contributed by atoms with van der Waals surface area (Å²) < 4.78 is 5.58. The molecule has 0 radical (unpaired) electrons. The molecule has 1 heterocycles. The minimum Gasteiger partial charge on any atom is -0.481 e. The number of hydrogen-bond donors (Lipinski definition) is 1. The molecular formula is C18H25NO4. The lowest BCUT2D eigenvalue weighted by molar-refractivity contribution is -0.139. The highest BCUT2D eigenvalue weighted by atomic mass is 16.5. The van der Waals surface area contributed by atoms with Crippen molar-refractivity contribution in [3.63, 3.8) is 0 Å². The molecule has 0 bridgehead atoms. The molecular weight excluding hydrogens is 294 g/mol. The maximum atomic E-state index is 12.5. The van der Waals surface area contributed by atoms with E-state index in [2.05, 4.69) is 0 Å². The van der Waals surface area contributed by atoms with Crippen LogP contribution in [0.5, 0.6) is 0 Å². The molecule has 1 aromatic rings. The molecule has 0 saturated carbocycles. The van der Waals surface area contributed by atoms with Gasteiger partial charge in [-0.05, 0) is 37.3 Å². The summed E-state index contributed by atoms with van der Waals surface area (Å²) in [6.45, 7) is 3.52. The van der Waals surface area contributed by atoms with Gasteiger partial charge in [-0.3, -0.25) is 9.59 Å². The standard InChI is InChI=1S/C18H25NO4/c1-14-5-2-3-6-15(14)8-9-17(20)19(11-10-18(21)22)13-16-7-4-12-23-16/h2-3,5-6,16H,4,7-13H2,1H3,(H,21,22)/t16-/m1/s1. The molecule has 126 valence electrons. The van der Waals surface area contributed by atoms with E-state index < -0.39 is 5.97 Å². The number of ether oxygens (including phenoxy) is 1. The van der Waals surface area contributed by atoms with E-state index in [-0.39, 0.29) is 25.0 Å². The SMILES string of the molecule is Cc1ccccc1CCC(=O)N(CCC(=O)O)C[C@H]1CCCO1. The average Bonchev–Trinajstić information content (AvgIpc) is 3.03. The van der Waals surface area contributed by atoms with Crippen molar-refractivity contribution in [2.75, 3.05) is 19.7 Å². The number of carboxylic acids is 1. The molecule has 1 amide bonds. The number of hydrogen-bond acceptors (Lipinski definition) is 3. The Morgan fingerprint density at radius 2 is 2.09 bits per heavy atom. The zero-order valence-corrected chi connectivity index (χ0v) is 13.7. The van der Waals surface area contributed by atoms with Gasteiger partial charge in [0.15, 0.2) is 0 Å². The highest BCUT2D eigenvalue weighted by Crippen LogP contribution is 2.15. The second-order valence-corrected chi connectivity index (χ2v) is 6.05. The van der Waals surface area contributed by atoms with Crippen LogP contribution in [0.4, 0.5) is 0 Å². The average molecular weight is 319 g/mol. The number of aryl methyl sites for hydroxylation is 2. The third kappa shape index (κ3) is 5.67. The minimum absolute atomic E-state index is 0.00463. The number of aliphatic carboxylic acids is 1. The van der Waals surface area contributed by atoms with E-state index >= 15 is 0 Å². The van der Waals surface area contributed by atoms with E-state index in [1.54, 1.807) is 4.90 Å². The Labute approximate surface area is 137 Å². The normalized spacial score (nSPS) is 17.2. The van der Waals surface area contributed by atoms with Crippen molar-refractivity contribution in [3.05, 3.63) is 35.4 Å². The fourth-order valence-electron chi connectivity index (χ4n) is 2.87. The molecule has 1 saturated heterocycles. The number of carbonyl (C=O) groups is 2. The second kappa shape index (κ2) is 8.67. The number of carboxylic acid groups (broad SMARTS) is 1. The fourth-order valence-corrected chi connectivity index (χ4v) is 2.87. The lowest BCUT2D eigenvalue weighted by atomic mass is 10.0. The van der Waals surface area contributed by atoms with Crippen molar-refractivity contribution >= 4 is 11.9 Å². The van der Waals surface area contributed by atoms with Crippen LogP contribution in [0.2, 0.25) is 0 Å². The molecule has 23 heavy (non-hydrogen) atoms. The Balaban J connectivity index is 1.91. The van der Waals surface area contributed by atoms with Crippen molar-refractivity contribution in [3.8, 4) is 0 Å². The van der Waals surface area contributed by atoms with Gasteiger partial charge in [-0.25, -0.2) is 0 Å². The molecule has 0 aromatic heterocycles. The van der Waals surface area contributed by atoms with Crippen molar-refractivity contribution in [2.45, 2.75) is 45.1 Å². The largest absolute Gasteiger partial charge is 0.481 e. The summed E-state index contributed by atoms with van der Waals surface area (Å²) in [4.78, 5) is 25.0. The summed E-state index contributed by atoms with van der Waals surface area (Å²) in [7, 11) is 0. The van der Waals surface area contributed by atoms with Gasteiger partial charge >= 0.3 is 5.97 Å². The van der Waals surface area contributed by atoms with Crippen LogP contribution >= 0.6 is 0 Å². The maximum absolute atomic E-state index is 12.5. The Bertz CT molecular complexity index is 538. The van der Waals surface area contributed by atoms with E-state index in [1.165, 1.54) is 5.56 Å². The van der Waals surface area contributed by atoms with Gasteiger partial charge in [0.05, 0.1) is 12.5 Å². The van der Waals surface area contributed by atoms with E-state index in [4.69, 9.17) is 9.84 Å². The minimum atomic E-state index is -0.881. The molecule has 2 rings (SSSR count). The van der Waals surface area contributed by atoms with Crippen LogP contribution in [-0.2, 0) is 20.7 Å². The van der Waals surface area contributed by atoms with Crippen LogP contribution in [0.15, 0.2) is 24.3 Å². The van der Waals surface area contributed by atoms with Crippen molar-refractivity contribution < 1.29 is 19.4 Å². The molecule has 0 aliphatic carbocycles. The smallest absolute Gasteiger partial charge is 0.305 e. The molecule has 1 aliphatic heterocycles. The number of rotatable bonds is 8. The molecule has 5 nitrogen and oxygen atoms in total. The first-order valence-corrected chi connectivity index (χ1v) is 8.22. The lowest BCUT2D eigenvalue weighted by Crippen LogP contribution is -2.38. The predicted molar refractivity (Wildman–Crippen MR) is 87.3 cm³/mol. The van der Waals surface area contributed by atoms with Crippen LogP contribution in [0, 0.1) is 6.92 Å². The van der Waals surface area contributed by atoms with Crippen molar-refractivity contribution in [2.24, 2.45) is 0 Å². The fraction of sp³-hybridized carbons (Fsp3) is 0.556. The topological polar surface area (TPSA) is 66.8 Å². The first-order chi connectivity index (χ1) is 11.1. The molecule has 1 fully saturated rings. The third-order valence-corrected chi connectivity index (χ3v) is 4.27. The highest BCUT2D eigenvalue weighted by Gasteiger charge is 2.23. The summed E-state index contributed by atoms with van der Waals surface area (Å²) in [6, 6.07) is 8.03. The van der Waals surface area contributed by atoms with Gasteiger partial charge in [0.25, 0.3) is 0 Å². The van der Waals surface area contributed by atoms with Crippen molar-refractivity contribution in [1.29, 1.82) is 0 Å². The molecule has 1 aliphatic rings. The molecule has 0 spiro atoms. The van der Waals surface area contributed by atoms with Gasteiger partial charge in [0.1, 0.15) is 0 Å². The number of amides is 1. The first kappa shape index (κ1) is 17.5. The zero-order valence-electron chi connectivity index (χ0n) is 13.7. The van der Waals surface area contributed by atoms with Gasteiger partial charge in [-0.2, -0.15) is 0 Å². The third-order valence-electron chi connectivity index (χ3n) is 4.27. The van der Waals surface area contributed by atoms with E-state index in [1.807, 2.05) is 31.2 Å². The van der Waals surface area contributed by atoms with Crippen LogP contribution in [0.25, 0.3) is 0 Å². The monoisotopic (exact) mass is 319 g/mol. The summed E-state index contributed by atoms with van der Waals surface area (Å²) in [5.41, 5.74) is 2.34. The first-order valence-electron chi connectivity index (χ1n) is 8.22. The van der Waals surface area contributed by atoms with Crippen LogP contribution in [0.3, 0.4) is 0 Å². The Hall–Kier alpha value is -1.88.